The molecule has 4 heteroatoms. The van der Waals surface area contributed by atoms with Crippen molar-refractivity contribution in [3.8, 4) is 0 Å². The van der Waals surface area contributed by atoms with Gasteiger partial charge in [0.2, 0.25) is 0 Å². The minimum Gasteiger partial charge on any atom is -0.394 e. The van der Waals surface area contributed by atoms with Crippen LogP contribution in [0.15, 0.2) is 0 Å². The van der Waals surface area contributed by atoms with Crippen molar-refractivity contribution in [2.24, 2.45) is 0 Å². The predicted octanol–water partition coefficient (Wildman–Crippen LogP) is 0.726. The normalized spacial score (nSPS) is 15.7. The topological polar surface area (TPSA) is 41.5 Å². The van der Waals surface area contributed by atoms with Crippen LogP contribution in [0, 0.1) is 0 Å². The number of aliphatic hydroxyl groups is 1. The van der Waals surface area contributed by atoms with Gasteiger partial charge in [0, 0.05) is 18.4 Å². The Kier molecular flexibility index (Phi) is 7.75. The highest BCUT2D eigenvalue weighted by molar-refractivity contribution is 7.99. The summed E-state index contributed by atoms with van der Waals surface area (Å²) in [7, 11) is 3.60. The lowest BCUT2D eigenvalue weighted by Gasteiger charge is -2.26. The number of ether oxygens (including phenoxy) is 1. The van der Waals surface area contributed by atoms with Gasteiger partial charge in [-0.05, 0) is 26.1 Å². The van der Waals surface area contributed by atoms with E-state index in [1.54, 1.807) is 7.11 Å². The van der Waals surface area contributed by atoms with Crippen LogP contribution in [-0.4, -0.2) is 49.5 Å². The highest BCUT2D eigenvalue weighted by Gasteiger charge is 2.19. The molecule has 0 aliphatic heterocycles. The molecule has 0 aromatic carbocycles. The van der Waals surface area contributed by atoms with Gasteiger partial charge in [-0.2, -0.15) is 11.8 Å². The van der Waals surface area contributed by atoms with Crippen molar-refractivity contribution in [2.45, 2.75) is 18.9 Å². The zero-order valence-corrected chi connectivity index (χ0v) is 9.62. The third-order valence-electron chi connectivity index (χ3n) is 2.18. The fourth-order valence-corrected chi connectivity index (χ4v) is 1.91. The van der Waals surface area contributed by atoms with E-state index < -0.39 is 0 Å². The Morgan fingerprint density at radius 2 is 2.15 bits per heavy atom. The van der Waals surface area contributed by atoms with Crippen molar-refractivity contribution in [3.63, 3.8) is 0 Å². The van der Waals surface area contributed by atoms with Crippen molar-refractivity contribution >= 4 is 11.8 Å². The first kappa shape index (κ1) is 13.2. The Hall–Kier alpha value is 0.230. The second kappa shape index (κ2) is 7.62. The monoisotopic (exact) mass is 207 g/mol. The molecule has 0 aliphatic rings. The van der Waals surface area contributed by atoms with E-state index in [0.717, 1.165) is 24.5 Å². The number of aliphatic hydroxyl groups excluding tert-OH is 1. The molecule has 0 saturated carbocycles. The number of hydrogen-bond donors (Lipinski definition) is 2. The molecule has 0 rings (SSSR count). The van der Waals surface area contributed by atoms with Gasteiger partial charge < -0.3 is 15.2 Å². The molecular formula is C9H21NO2S. The van der Waals surface area contributed by atoms with Gasteiger partial charge in [0.15, 0.2) is 0 Å². The zero-order valence-electron chi connectivity index (χ0n) is 8.80. The van der Waals surface area contributed by atoms with E-state index in [-0.39, 0.29) is 12.1 Å². The smallest absolute Gasteiger partial charge is 0.0610 e. The molecule has 0 aromatic heterocycles. The lowest BCUT2D eigenvalue weighted by atomic mass is 10.0. The Balaban J connectivity index is 3.39. The lowest BCUT2D eigenvalue weighted by molar-refractivity contribution is 0.179. The van der Waals surface area contributed by atoms with Crippen LogP contribution in [0.25, 0.3) is 0 Å². The molecule has 0 saturated heterocycles. The quantitative estimate of drug-likeness (QED) is 0.576. The van der Waals surface area contributed by atoms with Crippen LogP contribution in [0.4, 0.5) is 0 Å². The Bertz CT molecular complexity index is 118. The standard InChI is InChI=1S/C9H21NO2S/c1-9(8-11,10-2)4-6-13-7-5-12-3/h10-11H,4-8H2,1-3H3. The highest BCUT2D eigenvalue weighted by atomic mass is 32.2. The largest absolute Gasteiger partial charge is 0.394 e. The van der Waals surface area contributed by atoms with E-state index in [4.69, 9.17) is 9.84 Å². The van der Waals surface area contributed by atoms with Gasteiger partial charge in [0.1, 0.15) is 0 Å². The summed E-state index contributed by atoms with van der Waals surface area (Å²) in [6.07, 6.45) is 0.981. The van der Waals surface area contributed by atoms with E-state index >= 15 is 0 Å². The molecular weight excluding hydrogens is 186 g/mol. The van der Waals surface area contributed by atoms with Crippen molar-refractivity contribution < 1.29 is 9.84 Å². The summed E-state index contributed by atoms with van der Waals surface area (Å²) in [5.41, 5.74) is -0.125. The minimum absolute atomic E-state index is 0.125. The van der Waals surface area contributed by atoms with Crippen LogP contribution in [0.3, 0.4) is 0 Å². The number of hydrogen-bond acceptors (Lipinski definition) is 4. The summed E-state index contributed by atoms with van der Waals surface area (Å²) in [6, 6.07) is 0. The van der Waals surface area contributed by atoms with E-state index in [1.807, 2.05) is 25.7 Å². The highest BCUT2D eigenvalue weighted by Crippen LogP contribution is 2.12. The fraction of sp³-hybridized carbons (Fsp3) is 1.00. The molecule has 0 aliphatic carbocycles. The van der Waals surface area contributed by atoms with Gasteiger partial charge >= 0.3 is 0 Å². The maximum Gasteiger partial charge on any atom is 0.0610 e. The zero-order chi connectivity index (χ0) is 10.2. The van der Waals surface area contributed by atoms with E-state index in [9.17, 15) is 0 Å². The lowest BCUT2D eigenvalue weighted by Crippen LogP contribution is -2.43. The van der Waals surface area contributed by atoms with Crippen molar-refractivity contribution in [3.05, 3.63) is 0 Å². The molecule has 3 nitrogen and oxygen atoms in total. The second-order valence-corrected chi connectivity index (χ2v) is 4.55. The Morgan fingerprint density at radius 3 is 2.62 bits per heavy atom. The summed E-state index contributed by atoms with van der Waals surface area (Å²) in [4.78, 5) is 0. The maximum absolute atomic E-state index is 9.09. The van der Waals surface area contributed by atoms with Crippen LogP contribution in [0.1, 0.15) is 13.3 Å². The van der Waals surface area contributed by atoms with Crippen LogP contribution in [-0.2, 0) is 4.74 Å². The molecule has 0 aromatic rings. The number of rotatable bonds is 8. The summed E-state index contributed by atoms with van der Waals surface area (Å²) in [6.45, 7) is 3.03. The number of methoxy groups -OCH3 is 1. The first-order valence-corrected chi connectivity index (χ1v) is 5.70. The molecule has 0 amide bonds. The number of thioether (sulfide) groups is 1. The molecule has 0 spiro atoms. The maximum atomic E-state index is 9.09. The van der Waals surface area contributed by atoms with E-state index in [1.165, 1.54) is 0 Å². The Morgan fingerprint density at radius 1 is 1.46 bits per heavy atom. The molecule has 1 unspecified atom stereocenters. The van der Waals surface area contributed by atoms with Crippen LogP contribution in [0.5, 0.6) is 0 Å². The second-order valence-electron chi connectivity index (χ2n) is 3.32. The van der Waals surface area contributed by atoms with Crippen molar-refractivity contribution in [2.75, 3.05) is 38.9 Å². The first-order chi connectivity index (χ1) is 6.18. The molecule has 0 fully saturated rings. The summed E-state index contributed by atoms with van der Waals surface area (Å²) >= 11 is 1.86. The van der Waals surface area contributed by atoms with E-state index in [0.29, 0.717) is 0 Å². The summed E-state index contributed by atoms with van der Waals surface area (Å²) < 4.78 is 4.94. The van der Waals surface area contributed by atoms with Gasteiger partial charge in [-0.25, -0.2) is 0 Å². The van der Waals surface area contributed by atoms with Crippen LogP contribution in [0.2, 0.25) is 0 Å². The van der Waals surface area contributed by atoms with Crippen molar-refractivity contribution in [1.82, 2.24) is 5.32 Å². The minimum atomic E-state index is -0.125. The first-order valence-electron chi connectivity index (χ1n) is 4.55. The average Bonchev–Trinajstić information content (AvgIpc) is 2.17. The third kappa shape index (κ3) is 6.32. The van der Waals surface area contributed by atoms with Gasteiger partial charge in [-0.15, -0.1) is 0 Å². The third-order valence-corrected chi connectivity index (χ3v) is 3.13. The molecule has 0 bridgehead atoms. The van der Waals surface area contributed by atoms with Crippen LogP contribution >= 0.6 is 11.8 Å². The molecule has 0 heterocycles. The van der Waals surface area contributed by atoms with Gasteiger partial charge in [-0.1, -0.05) is 0 Å². The molecule has 2 N–H and O–H groups in total. The van der Waals surface area contributed by atoms with Crippen LogP contribution < -0.4 is 5.32 Å². The van der Waals surface area contributed by atoms with Gasteiger partial charge in [-0.3, -0.25) is 0 Å². The molecule has 13 heavy (non-hydrogen) atoms. The number of nitrogens with one attached hydrogen (secondary N) is 1. The average molecular weight is 207 g/mol. The summed E-state index contributed by atoms with van der Waals surface area (Å²) in [5.74, 6) is 2.09. The predicted molar refractivity (Wildman–Crippen MR) is 58.4 cm³/mol. The number of likely N-dealkylation sites (N-methyl/N-ethyl adjacent to an activating group) is 1. The molecule has 80 valence electrons. The van der Waals surface area contributed by atoms with Gasteiger partial charge in [0.05, 0.1) is 13.2 Å². The molecule has 0 radical (unpaired) electrons. The van der Waals surface area contributed by atoms with Crippen molar-refractivity contribution in [1.29, 1.82) is 0 Å². The Labute approximate surface area is 85.2 Å². The SMILES string of the molecule is CNC(C)(CO)CCSCCOC. The van der Waals surface area contributed by atoms with Gasteiger partial charge in [0.25, 0.3) is 0 Å². The summed E-state index contributed by atoms with van der Waals surface area (Å²) in [5, 5.41) is 12.2. The van der Waals surface area contributed by atoms with E-state index in [2.05, 4.69) is 5.32 Å². The molecule has 1 atom stereocenters. The fourth-order valence-electron chi connectivity index (χ4n) is 0.825.